The van der Waals surface area contributed by atoms with E-state index in [9.17, 15) is 24.5 Å². The number of carbonyl (C=O) groups excluding carboxylic acids is 3. The number of hydrogen-bond acceptors (Lipinski definition) is 8. The van der Waals surface area contributed by atoms with Gasteiger partial charge in [-0.25, -0.2) is 4.98 Å². The predicted molar refractivity (Wildman–Crippen MR) is 121 cm³/mol. The monoisotopic (exact) mass is 465 g/mol. The van der Waals surface area contributed by atoms with Gasteiger partial charge in [0.05, 0.1) is 16.5 Å². The molecule has 1 atom stereocenters. The number of anilines is 1. The molecular weight excluding hydrogens is 446 g/mol. The van der Waals surface area contributed by atoms with Gasteiger partial charge in [-0.05, 0) is 6.92 Å². The van der Waals surface area contributed by atoms with E-state index >= 15 is 0 Å². The van der Waals surface area contributed by atoms with Crippen LogP contribution in [0.4, 0.5) is 10.8 Å². The number of esters is 1. The Hall–Kier alpha value is -3.92. The number of aromatic nitrogens is 1. The zero-order chi connectivity index (χ0) is 23.5. The summed E-state index contributed by atoms with van der Waals surface area (Å²) in [5, 5.41) is 13.2. The number of Topliss-reactive ketones (excluding diaryl/α,β-unsaturated/α-hetero) is 1. The molecular formula is C23H19N3O6S. The van der Waals surface area contributed by atoms with Crippen molar-refractivity contribution in [2.45, 2.75) is 13.3 Å². The van der Waals surface area contributed by atoms with E-state index in [-0.39, 0.29) is 30.1 Å². The maximum Gasteiger partial charge on any atom is 0.311 e. The number of rotatable bonds is 7. The van der Waals surface area contributed by atoms with E-state index < -0.39 is 29.2 Å². The Bertz CT molecular complexity index is 1240. The van der Waals surface area contributed by atoms with Gasteiger partial charge in [-0.2, -0.15) is 0 Å². The predicted octanol–water partition coefficient (Wildman–Crippen LogP) is 3.81. The molecule has 2 aromatic carbocycles. The fourth-order valence-electron chi connectivity index (χ4n) is 3.43. The van der Waals surface area contributed by atoms with Gasteiger partial charge in [-0.3, -0.25) is 29.4 Å². The molecule has 0 saturated carbocycles. The number of nitro benzene ring substituents is 1. The van der Waals surface area contributed by atoms with Crippen LogP contribution in [-0.4, -0.2) is 40.7 Å². The lowest BCUT2D eigenvalue weighted by atomic mass is 10.1. The summed E-state index contributed by atoms with van der Waals surface area (Å²) in [6.07, 6.45) is -0.0384. The van der Waals surface area contributed by atoms with Crippen LogP contribution in [0.1, 0.15) is 22.3 Å². The summed E-state index contributed by atoms with van der Waals surface area (Å²) < 4.78 is 5.11. The van der Waals surface area contributed by atoms with Gasteiger partial charge in [0.25, 0.3) is 5.69 Å². The lowest BCUT2D eigenvalue weighted by molar-refractivity contribution is -0.384. The number of carbonyl (C=O) groups is 3. The number of thiazole rings is 1. The maximum atomic E-state index is 12.5. The van der Waals surface area contributed by atoms with Crippen LogP contribution in [0.25, 0.3) is 11.3 Å². The number of ether oxygens (including phenoxy) is 1. The number of ketones is 1. The molecule has 0 N–H and O–H groups in total. The van der Waals surface area contributed by atoms with Gasteiger partial charge < -0.3 is 4.74 Å². The van der Waals surface area contributed by atoms with E-state index in [1.165, 1.54) is 34.4 Å². The highest BCUT2D eigenvalue weighted by Gasteiger charge is 2.37. The molecule has 1 fully saturated rings. The Kier molecular flexibility index (Phi) is 6.27. The molecule has 4 rings (SSSR count). The van der Waals surface area contributed by atoms with E-state index in [4.69, 9.17) is 4.74 Å². The van der Waals surface area contributed by atoms with Crippen LogP contribution in [0.15, 0.2) is 53.9 Å². The van der Waals surface area contributed by atoms with Crippen molar-refractivity contribution in [3.05, 3.63) is 75.2 Å². The van der Waals surface area contributed by atoms with Crippen molar-refractivity contribution in [1.29, 1.82) is 0 Å². The van der Waals surface area contributed by atoms with Crippen LogP contribution < -0.4 is 4.90 Å². The van der Waals surface area contributed by atoms with Crippen LogP contribution in [0.5, 0.6) is 0 Å². The molecule has 2 heterocycles. The van der Waals surface area contributed by atoms with Gasteiger partial charge in [0.1, 0.15) is 0 Å². The third-order valence-electron chi connectivity index (χ3n) is 5.25. The molecule has 168 valence electrons. The molecule has 1 unspecified atom stereocenters. The minimum Gasteiger partial charge on any atom is -0.457 e. The van der Waals surface area contributed by atoms with Crippen molar-refractivity contribution in [1.82, 2.24) is 4.98 Å². The highest BCUT2D eigenvalue weighted by atomic mass is 32.1. The summed E-state index contributed by atoms with van der Waals surface area (Å²) in [5.74, 6) is -2.19. The second kappa shape index (κ2) is 9.29. The average Bonchev–Trinajstić information content (AvgIpc) is 3.44. The minimum atomic E-state index is -0.720. The molecule has 0 bridgehead atoms. The van der Waals surface area contributed by atoms with E-state index in [2.05, 4.69) is 4.98 Å². The molecule has 9 nitrogen and oxygen atoms in total. The van der Waals surface area contributed by atoms with Gasteiger partial charge in [-0.1, -0.05) is 42.0 Å². The Morgan fingerprint density at radius 1 is 1.24 bits per heavy atom. The quantitative estimate of drug-likeness (QED) is 0.225. The van der Waals surface area contributed by atoms with E-state index in [0.717, 1.165) is 22.9 Å². The van der Waals surface area contributed by atoms with Gasteiger partial charge >= 0.3 is 5.97 Å². The second-order valence-electron chi connectivity index (χ2n) is 7.63. The lowest BCUT2D eigenvalue weighted by Crippen LogP contribution is -2.27. The van der Waals surface area contributed by atoms with Crippen LogP contribution in [0.2, 0.25) is 0 Å². The molecule has 1 aliphatic rings. The molecule has 1 amide bonds. The minimum absolute atomic E-state index is 0.0384. The van der Waals surface area contributed by atoms with E-state index in [1.807, 2.05) is 36.6 Å². The maximum absolute atomic E-state index is 12.5. The molecule has 1 aliphatic heterocycles. The summed E-state index contributed by atoms with van der Waals surface area (Å²) in [5.41, 5.74) is 2.67. The molecule has 10 heteroatoms. The molecule has 3 aromatic rings. The molecule has 1 saturated heterocycles. The zero-order valence-corrected chi connectivity index (χ0v) is 18.4. The summed E-state index contributed by atoms with van der Waals surface area (Å²) in [4.78, 5) is 53.5. The Morgan fingerprint density at radius 2 is 2.00 bits per heavy atom. The van der Waals surface area contributed by atoms with Crippen molar-refractivity contribution in [2.75, 3.05) is 18.1 Å². The third-order valence-corrected chi connectivity index (χ3v) is 6.12. The highest BCUT2D eigenvalue weighted by molar-refractivity contribution is 7.14. The molecule has 1 aromatic heterocycles. The normalized spacial score (nSPS) is 15.5. The van der Waals surface area contributed by atoms with Crippen molar-refractivity contribution >= 4 is 39.8 Å². The zero-order valence-electron chi connectivity index (χ0n) is 17.6. The van der Waals surface area contributed by atoms with Crippen molar-refractivity contribution in [3.63, 3.8) is 0 Å². The summed E-state index contributed by atoms with van der Waals surface area (Å²) in [6.45, 7) is 1.55. The van der Waals surface area contributed by atoms with Gasteiger partial charge in [-0.15, -0.1) is 11.3 Å². The first kappa shape index (κ1) is 22.3. The smallest absolute Gasteiger partial charge is 0.311 e. The Labute approximate surface area is 192 Å². The first-order valence-corrected chi connectivity index (χ1v) is 11.0. The average molecular weight is 465 g/mol. The first-order chi connectivity index (χ1) is 15.8. The number of benzene rings is 2. The highest BCUT2D eigenvalue weighted by Crippen LogP contribution is 2.32. The third kappa shape index (κ3) is 4.96. The van der Waals surface area contributed by atoms with E-state index in [1.54, 1.807) is 0 Å². The molecule has 0 spiro atoms. The van der Waals surface area contributed by atoms with Crippen molar-refractivity contribution < 1.29 is 24.0 Å². The van der Waals surface area contributed by atoms with E-state index in [0.29, 0.717) is 5.13 Å². The van der Waals surface area contributed by atoms with Crippen LogP contribution >= 0.6 is 11.3 Å². The SMILES string of the molecule is Cc1ccc(-c2csc(N3CC(C(=O)OCC(=O)c4cccc([N+](=O)[O-])c4)CC3=O)n2)cc1. The summed E-state index contributed by atoms with van der Waals surface area (Å²) >= 11 is 1.32. The number of nitro groups is 1. The number of amides is 1. The number of nitrogens with zero attached hydrogens (tertiary/aromatic N) is 3. The summed E-state index contributed by atoms with van der Waals surface area (Å²) in [6, 6.07) is 13.1. The molecule has 0 aliphatic carbocycles. The molecule has 33 heavy (non-hydrogen) atoms. The van der Waals surface area contributed by atoms with Crippen LogP contribution in [0.3, 0.4) is 0 Å². The van der Waals surface area contributed by atoms with Gasteiger partial charge in [0.2, 0.25) is 11.7 Å². The van der Waals surface area contributed by atoms with Crippen LogP contribution in [0, 0.1) is 23.0 Å². The number of non-ortho nitro benzene ring substituents is 1. The molecule has 0 radical (unpaired) electrons. The Morgan fingerprint density at radius 3 is 2.73 bits per heavy atom. The van der Waals surface area contributed by atoms with Crippen molar-refractivity contribution in [2.24, 2.45) is 5.92 Å². The van der Waals surface area contributed by atoms with Crippen LogP contribution in [-0.2, 0) is 14.3 Å². The lowest BCUT2D eigenvalue weighted by Gasteiger charge is -2.12. The largest absolute Gasteiger partial charge is 0.457 e. The van der Waals surface area contributed by atoms with Gasteiger partial charge in [0, 0.05) is 41.6 Å². The topological polar surface area (TPSA) is 120 Å². The fourth-order valence-corrected chi connectivity index (χ4v) is 4.29. The number of aryl methyl sites for hydroxylation is 1. The fraction of sp³-hybridized carbons (Fsp3) is 0.217. The van der Waals surface area contributed by atoms with Gasteiger partial charge in [0.15, 0.2) is 11.7 Å². The first-order valence-electron chi connectivity index (χ1n) is 10.1. The summed E-state index contributed by atoms with van der Waals surface area (Å²) in [7, 11) is 0. The Balaban J connectivity index is 1.36. The van der Waals surface area contributed by atoms with Crippen molar-refractivity contribution in [3.8, 4) is 11.3 Å². The standard InChI is InChI=1S/C23H19N3O6S/c1-14-5-7-15(8-6-14)19-13-33-23(24-19)25-11-17(10-21(25)28)22(29)32-12-20(27)16-3-2-4-18(9-16)26(30)31/h2-9,13,17H,10-12H2,1H3. The second-order valence-corrected chi connectivity index (χ2v) is 8.46. The number of hydrogen-bond donors (Lipinski definition) is 0.